The molecule has 0 heterocycles. The van der Waals surface area contributed by atoms with E-state index >= 15 is 0 Å². The van der Waals surface area contributed by atoms with Gasteiger partial charge >= 0.3 is 0 Å². The summed E-state index contributed by atoms with van der Waals surface area (Å²) in [5.74, 6) is -2.58. The number of hydrogen-bond donors (Lipinski definition) is 4. The zero-order valence-corrected chi connectivity index (χ0v) is 15.8. The molecule has 0 aliphatic rings. The fourth-order valence-corrected chi connectivity index (χ4v) is 2.75. The maximum Gasteiger partial charge on any atom is 0.288 e. The zero-order valence-electron chi connectivity index (χ0n) is 15.8. The number of allylic oxidation sites excluding steroid dienone is 2. The third-order valence-corrected chi connectivity index (χ3v) is 4.23. The van der Waals surface area contributed by atoms with Gasteiger partial charge in [0.25, 0.3) is 5.97 Å². The summed E-state index contributed by atoms with van der Waals surface area (Å²) in [7, 11) is 0. The van der Waals surface area contributed by atoms with Crippen LogP contribution in [-0.4, -0.2) is 34.4 Å². The Bertz CT molecular complexity index is 275. The van der Waals surface area contributed by atoms with E-state index in [2.05, 4.69) is 24.4 Å². The lowest BCUT2D eigenvalue weighted by Gasteiger charge is -2.14. The molecule has 0 fully saturated rings. The van der Waals surface area contributed by atoms with Crippen molar-refractivity contribution in [1.29, 1.82) is 0 Å². The van der Waals surface area contributed by atoms with E-state index in [4.69, 9.17) is 15.3 Å². The zero-order chi connectivity index (χ0) is 17.9. The van der Waals surface area contributed by atoms with Crippen LogP contribution in [0.4, 0.5) is 0 Å². The second-order valence-electron chi connectivity index (χ2n) is 6.89. The summed E-state index contributed by atoms with van der Waals surface area (Å²) in [6.07, 6.45) is 22.7. The van der Waals surface area contributed by atoms with E-state index < -0.39 is 5.97 Å². The third-order valence-electron chi connectivity index (χ3n) is 4.23. The lowest BCUT2D eigenvalue weighted by molar-refractivity contribution is -0.306. The summed E-state index contributed by atoms with van der Waals surface area (Å²) in [5, 5.41) is 28.9. The Morgan fingerprint density at radius 3 is 1.62 bits per heavy atom. The molecule has 4 nitrogen and oxygen atoms in total. The van der Waals surface area contributed by atoms with Crippen LogP contribution in [0, 0.1) is 0 Å². The molecule has 4 N–H and O–H groups in total. The molecular weight excluding hydrogens is 302 g/mol. The Labute approximate surface area is 149 Å². The highest BCUT2D eigenvalue weighted by Gasteiger charge is 2.15. The van der Waals surface area contributed by atoms with Crippen LogP contribution in [0.15, 0.2) is 12.2 Å². The van der Waals surface area contributed by atoms with E-state index in [0.29, 0.717) is 6.54 Å². The molecule has 0 amide bonds. The molecule has 0 bridgehead atoms. The Morgan fingerprint density at radius 2 is 1.12 bits per heavy atom. The Hall–Kier alpha value is -0.420. The van der Waals surface area contributed by atoms with Gasteiger partial charge in [0.05, 0.1) is 6.54 Å². The molecule has 24 heavy (non-hydrogen) atoms. The minimum atomic E-state index is -2.58. The third kappa shape index (κ3) is 21.6. The standard InChI is InChI=1S/C20H41NO3/c1-2-3-4-5-6-7-8-9-10-11-12-13-14-15-16-17-18-21-19-20(22,23)24/h9-10,21-24H,2-8,11-19H2,1H3. The van der Waals surface area contributed by atoms with Crippen LogP contribution < -0.4 is 5.32 Å². The first kappa shape index (κ1) is 23.6. The van der Waals surface area contributed by atoms with Crippen molar-refractivity contribution in [3.8, 4) is 0 Å². The van der Waals surface area contributed by atoms with Crippen molar-refractivity contribution in [3.05, 3.63) is 12.2 Å². The van der Waals surface area contributed by atoms with E-state index in [1.165, 1.54) is 77.0 Å². The SMILES string of the molecule is CCCCCCCCC=CCCCCCCCCNCC(O)(O)O. The van der Waals surface area contributed by atoms with Gasteiger partial charge < -0.3 is 20.6 Å². The van der Waals surface area contributed by atoms with E-state index in [0.717, 1.165) is 12.8 Å². The number of unbranched alkanes of at least 4 members (excludes halogenated alkanes) is 12. The highest BCUT2D eigenvalue weighted by molar-refractivity contribution is 4.81. The van der Waals surface area contributed by atoms with E-state index in [1.807, 2.05) is 0 Å². The first-order chi connectivity index (χ1) is 11.6. The monoisotopic (exact) mass is 343 g/mol. The predicted molar refractivity (Wildman–Crippen MR) is 102 cm³/mol. The van der Waals surface area contributed by atoms with Crippen molar-refractivity contribution >= 4 is 0 Å². The molecule has 0 radical (unpaired) electrons. The predicted octanol–water partition coefficient (Wildman–Crippen LogP) is 4.24. The largest absolute Gasteiger partial charge is 0.343 e. The van der Waals surface area contributed by atoms with Crippen LogP contribution in [0.2, 0.25) is 0 Å². The van der Waals surface area contributed by atoms with Crippen LogP contribution in [0.1, 0.15) is 96.8 Å². The minimum Gasteiger partial charge on any atom is -0.343 e. The maximum atomic E-state index is 8.70. The number of rotatable bonds is 18. The molecule has 0 aromatic rings. The molecule has 0 saturated carbocycles. The summed E-state index contributed by atoms with van der Waals surface area (Å²) in [6, 6.07) is 0. The van der Waals surface area contributed by atoms with Gasteiger partial charge in [-0.3, -0.25) is 0 Å². The summed E-state index contributed by atoms with van der Waals surface area (Å²) >= 11 is 0. The van der Waals surface area contributed by atoms with Crippen molar-refractivity contribution in [2.24, 2.45) is 0 Å². The molecule has 0 rings (SSSR count). The van der Waals surface area contributed by atoms with Crippen LogP contribution in [0.5, 0.6) is 0 Å². The van der Waals surface area contributed by atoms with Crippen molar-refractivity contribution in [2.45, 2.75) is 103 Å². The normalized spacial score (nSPS) is 12.3. The van der Waals surface area contributed by atoms with Gasteiger partial charge in [-0.25, -0.2) is 0 Å². The van der Waals surface area contributed by atoms with E-state index in [9.17, 15) is 0 Å². The quantitative estimate of drug-likeness (QED) is 0.171. The summed E-state index contributed by atoms with van der Waals surface area (Å²) in [4.78, 5) is 0. The van der Waals surface area contributed by atoms with Gasteiger partial charge in [-0.2, -0.15) is 0 Å². The molecule has 0 aliphatic carbocycles. The smallest absolute Gasteiger partial charge is 0.288 e. The topological polar surface area (TPSA) is 72.7 Å². The van der Waals surface area contributed by atoms with Crippen molar-refractivity contribution in [1.82, 2.24) is 5.32 Å². The van der Waals surface area contributed by atoms with Gasteiger partial charge in [0.1, 0.15) is 0 Å². The minimum absolute atomic E-state index is 0.196. The maximum absolute atomic E-state index is 8.70. The summed E-state index contributed by atoms with van der Waals surface area (Å²) < 4.78 is 0. The van der Waals surface area contributed by atoms with Crippen LogP contribution >= 0.6 is 0 Å². The van der Waals surface area contributed by atoms with Crippen LogP contribution in [0.3, 0.4) is 0 Å². The van der Waals surface area contributed by atoms with Gasteiger partial charge in [0, 0.05) is 0 Å². The Morgan fingerprint density at radius 1 is 0.667 bits per heavy atom. The molecule has 0 spiro atoms. The molecule has 0 aliphatic heterocycles. The first-order valence-corrected chi connectivity index (χ1v) is 10.1. The first-order valence-electron chi connectivity index (χ1n) is 10.1. The van der Waals surface area contributed by atoms with Gasteiger partial charge in [-0.05, 0) is 38.6 Å². The average Bonchev–Trinajstić information content (AvgIpc) is 2.52. The molecule has 0 saturated heterocycles. The molecule has 144 valence electrons. The lowest BCUT2D eigenvalue weighted by atomic mass is 10.1. The fraction of sp³-hybridized carbons (Fsp3) is 0.900. The van der Waals surface area contributed by atoms with Crippen LogP contribution in [0.25, 0.3) is 0 Å². The summed E-state index contributed by atoms with van der Waals surface area (Å²) in [6.45, 7) is 2.78. The molecular formula is C20H41NO3. The fourth-order valence-electron chi connectivity index (χ4n) is 2.75. The van der Waals surface area contributed by atoms with Gasteiger partial charge in [0.2, 0.25) is 0 Å². The molecule has 0 aromatic carbocycles. The van der Waals surface area contributed by atoms with Gasteiger partial charge in [-0.1, -0.05) is 76.9 Å². The highest BCUT2D eigenvalue weighted by Crippen LogP contribution is 2.09. The second-order valence-corrected chi connectivity index (χ2v) is 6.89. The lowest BCUT2D eigenvalue weighted by Crippen LogP contribution is -2.40. The number of nitrogens with one attached hydrogen (secondary N) is 1. The van der Waals surface area contributed by atoms with E-state index in [1.54, 1.807) is 0 Å². The van der Waals surface area contributed by atoms with Crippen molar-refractivity contribution in [2.75, 3.05) is 13.1 Å². The molecule has 0 aromatic heterocycles. The Balaban J connectivity index is 3.10. The van der Waals surface area contributed by atoms with E-state index in [-0.39, 0.29) is 6.54 Å². The molecule has 4 heteroatoms. The number of aliphatic hydroxyl groups is 3. The highest BCUT2D eigenvalue weighted by atomic mass is 16.7. The average molecular weight is 344 g/mol. The Kier molecular flexibility index (Phi) is 17.1. The second kappa shape index (κ2) is 17.4. The van der Waals surface area contributed by atoms with Gasteiger partial charge in [0.15, 0.2) is 0 Å². The molecule has 0 unspecified atom stereocenters. The van der Waals surface area contributed by atoms with Crippen molar-refractivity contribution in [3.63, 3.8) is 0 Å². The molecule has 0 atom stereocenters. The van der Waals surface area contributed by atoms with Crippen LogP contribution in [-0.2, 0) is 0 Å². The van der Waals surface area contributed by atoms with Gasteiger partial charge in [-0.15, -0.1) is 0 Å². The summed E-state index contributed by atoms with van der Waals surface area (Å²) in [5.41, 5.74) is 0. The van der Waals surface area contributed by atoms with Crippen molar-refractivity contribution < 1.29 is 15.3 Å². The number of hydrogen-bond acceptors (Lipinski definition) is 4.